The minimum atomic E-state index is -1.40. The molecular formula is C20H15NO2S. The van der Waals surface area contributed by atoms with E-state index in [-0.39, 0.29) is 5.75 Å². The van der Waals surface area contributed by atoms with Gasteiger partial charge in [-0.3, -0.25) is 0 Å². The van der Waals surface area contributed by atoms with Gasteiger partial charge in [0.15, 0.2) is 4.90 Å². The molecule has 0 saturated carbocycles. The van der Waals surface area contributed by atoms with Gasteiger partial charge in [-0.2, -0.15) is 0 Å². The lowest BCUT2D eigenvalue weighted by molar-refractivity contribution is 0.481. The maximum atomic E-state index is 12.9. The third-order valence-corrected chi connectivity index (χ3v) is 5.21. The van der Waals surface area contributed by atoms with Gasteiger partial charge in [0, 0.05) is 16.2 Å². The van der Waals surface area contributed by atoms with Crippen LogP contribution in [0.5, 0.6) is 5.75 Å². The first-order chi connectivity index (χ1) is 11.7. The van der Waals surface area contributed by atoms with Gasteiger partial charge >= 0.3 is 0 Å². The largest absolute Gasteiger partial charge is 0.588 e. The predicted molar refractivity (Wildman–Crippen MR) is 99.6 cm³/mol. The molecule has 0 saturated heterocycles. The van der Waals surface area contributed by atoms with E-state index < -0.39 is 11.4 Å². The van der Waals surface area contributed by atoms with Crippen LogP contribution in [0, 0.1) is 0 Å². The van der Waals surface area contributed by atoms with Gasteiger partial charge < -0.3 is 9.66 Å². The quantitative estimate of drug-likeness (QED) is 0.417. The molecule has 0 amide bonds. The first-order valence-electron chi connectivity index (χ1n) is 7.61. The first-order valence-corrected chi connectivity index (χ1v) is 8.76. The molecule has 0 aliphatic heterocycles. The third kappa shape index (κ3) is 2.56. The van der Waals surface area contributed by atoms with Crippen molar-refractivity contribution in [3.05, 3.63) is 78.9 Å². The lowest BCUT2D eigenvalue weighted by Crippen LogP contribution is -2.13. The number of rotatable bonds is 3. The molecule has 0 aromatic heterocycles. The molecule has 0 spiro atoms. The second kappa shape index (κ2) is 6.07. The van der Waals surface area contributed by atoms with E-state index in [1.807, 2.05) is 66.7 Å². The van der Waals surface area contributed by atoms with Gasteiger partial charge in [-0.25, -0.2) is 4.72 Å². The highest BCUT2D eigenvalue weighted by atomic mass is 32.2. The van der Waals surface area contributed by atoms with Crippen molar-refractivity contribution in [1.29, 1.82) is 0 Å². The summed E-state index contributed by atoms with van der Waals surface area (Å²) >= 11 is -1.40. The highest BCUT2D eigenvalue weighted by molar-refractivity contribution is 7.93. The Hall–Kier alpha value is -2.69. The fourth-order valence-corrected chi connectivity index (χ4v) is 3.96. The van der Waals surface area contributed by atoms with E-state index in [9.17, 15) is 9.66 Å². The van der Waals surface area contributed by atoms with Gasteiger partial charge in [-0.1, -0.05) is 54.6 Å². The Morgan fingerprint density at radius 2 is 1.38 bits per heavy atom. The van der Waals surface area contributed by atoms with Crippen LogP contribution in [-0.2, 0) is 11.4 Å². The van der Waals surface area contributed by atoms with Gasteiger partial charge in [0.2, 0.25) is 0 Å². The Balaban J connectivity index is 1.77. The van der Waals surface area contributed by atoms with Crippen LogP contribution in [0.15, 0.2) is 83.8 Å². The summed E-state index contributed by atoms with van der Waals surface area (Å²) in [6.45, 7) is 0. The SMILES string of the molecule is [O-][S+](Nc1ccc(O)c2ccccc12)c1cccc2ccccc12. The highest BCUT2D eigenvalue weighted by Crippen LogP contribution is 2.32. The number of hydrogen-bond acceptors (Lipinski definition) is 3. The molecule has 24 heavy (non-hydrogen) atoms. The molecule has 4 rings (SSSR count). The van der Waals surface area contributed by atoms with Gasteiger partial charge in [0.25, 0.3) is 0 Å². The summed E-state index contributed by atoms with van der Waals surface area (Å²) in [4.78, 5) is 0.741. The zero-order valence-corrected chi connectivity index (χ0v) is 13.6. The molecule has 0 fully saturated rings. The molecule has 0 radical (unpaired) electrons. The van der Waals surface area contributed by atoms with Crippen LogP contribution in [0.3, 0.4) is 0 Å². The van der Waals surface area contributed by atoms with Crippen molar-refractivity contribution in [2.45, 2.75) is 4.90 Å². The van der Waals surface area contributed by atoms with Crippen molar-refractivity contribution >= 4 is 38.6 Å². The van der Waals surface area contributed by atoms with Crippen LogP contribution >= 0.6 is 0 Å². The van der Waals surface area contributed by atoms with E-state index in [2.05, 4.69) is 4.72 Å². The second-order valence-electron chi connectivity index (χ2n) is 5.53. The van der Waals surface area contributed by atoms with Crippen molar-refractivity contribution in [2.75, 3.05) is 4.72 Å². The van der Waals surface area contributed by atoms with Gasteiger partial charge in [-0.05, 0) is 29.7 Å². The Kier molecular flexibility index (Phi) is 3.76. The van der Waals surface area contributed by atoms with Crippen LogP contribution < -0.4 is 4.72 Å². The van der Waals surface area contributed by atoms with Crippen molar-refractivity contribution in [3.8, 4) is 5.75 Å². The smallest absolute Gasteiger partial charge is 0.187 e. The molecule has 4 aromatic rings. The van der Waals surface area contributed by atoms with E-state index in [0.29, 0.717) is 0 Å². The summed E-state index contributed by atoms with van der Waals surface area (Å²) in [7, 11) is 0. The molecule has 1 atom stereocenters. The number of benzene rings is 4. The maximum Gasteiger partial charge on any atom is 0.187 e. The molecular weight excluding hydrogens is 318 g/mol. The number of hydrogen-bond donors (Lipinski definition) is 2. The highest BCUT2D eigenvalue weighted by Gasteiger charge is 2.17. The van der Waals surface area contributed by atoms with E-state index in [1.165, 1.54) is 0 Å². The molecule has 3 nitrogen and oxygen atoms in total. The zero-order chi connectivity index (χ0) is 16.5. The van der Waals surface area contributed by atoms with E-state index >= 15 is 0 Å². The van der Waals surface area contributed by atoms with E-state index in [0.717, 1.165) is 32.1 Å². The summed E-state index contributed by atoms with van der Waals surface area (Å²) in [6.07, 6.45) is 0. The number of fused-ring (bicyclic) bond motifs is 2. The number of aromatic hydroxyl groups is 1. The monoisotopic (exact) mass is 333 g/mol. The van der Waals surface area contributed by atoms with Crippen LogP contribution in [0.2, 0.25) is 0 Å². The first kappa shape index (κ1) is 14.9. The van der Waals surface area contributed by atoms with E-state index in [1.54, 1.807) is 12.1 Å². The van der Waals surface area contributed by atoms with Crippen molar-refractivity contribution in [1.82, 2.24) is 0 Å². The van der Waals surface area contributed by atoms with Crippen molar-refractivity contribution < 1.29 is 9.66 Å². The minimum absolute atomic E-state index is 0.215. The average molecular weight is 333 g/mol. The fraction of sp³-hybridized carbons (Fsp3) is 0. The Labute approximate surface area is 142 Å². The Morgan fingerprint density at radius 1 is 0.708 bits per heavy atom. The molecule has 4 aromatic carbocycles. The van der Waals surface area contributed by atoms with Crippen LogP contribution in [-0.4, -0.2) is 9.66 Å². The van der Waals surface area contributed by atoms with Gasteiger partial charge in [0.05, 0.1) is 5.69 Å². The fourth-order valence-electron chi connectivity index (χ4n) is 2.88. The Morgan fingerprint density at radius 3 is 2.21 bits per heavy atom. The third-order valence-electron chi connectivity index (χ3n) is 4.05. The summed E-state index contributed by atoms with van der Waals surface area (Å²) in [6, 6.07) is 24.5. The normalized spacial score (nSPS) is 12.4. The standard InChI is InChI=1S/C20H15NO2S/c22-19-13-12-18(16-9-3-4-10-17(16)19)21-24(23)20-11-5-7-14-6-1-2-8-15(14)20/h1-13,21-22H. The molecule has 0 heterocycles. The lowest BCUT2D eigenvalue weighted by atomic mass is 10.1. The van der Waals surface area contributed by atoms with Crippen molar-refractivity contribution in [2.24, 2.45) is 0 Å². The summed E-state index contributed by atoms with van der Waals surface area (Å²) in [5, 5.41) is 13.6. The van der Waals surface area contributed by atoms with Crippen molar-refractivity contribution in [3.63, 3.8) is 0 Å². The summed E-state index contributed by atoms with van der Waals surface area (Å²) in [5.41, 5.74) is 0.731. The topological polar surface area (TPSA) is 55.3 Å². The average Bonchev–Trinajstić information content (AvgIpc) is 2.64. The Bertz CT molecular complexity index is 1030. The van der Waals surface area contributed by atoms with Gasteiger partial charge in [0.1, 0.15) is 17.1 Å². The molecule has 0 bridgehead atoms. The van der Waals surface area contributed by atoms with Crippen LogP contribution in [0.25, 0.3) is 21.5 Å². The number of nitrogens with one attached hydrogen (secondary N) is 1. The molecule has 4 heteroatoms. The molecule has 0 aliphatic carbocycles. The number of anilines is 1. The van der Waals surface area contributed by atoms with Gasteiger partial charge in [-0.15, -0.1) is 0 Å². The zero-order valence-electron chi connectivity index (χ0n) is 12.8. The van der Waals surface area contributed by atoms with Crippen LogP contribution in [0.4, 0.5) is 5.69 Å². The predicted octanol–water partition coefficient (Wildman–Crippen LogP) is 4.83. The molecule has 0 aliphatic rings. The summed E-state index contributed by atoms with van der Waals surface area (Å²) in [5.74, 6) is 0.215. The molecule has 2 N–H and O–H groups in total. The number of phenolic OH excluding ortho intramolecular Hbond substituents is 1. The number of phenols is 1. The maximum absolute atomic E-state index is 12.9. The second-order valence-corrected chi connectivity index (χ2v) is 6.71. The lowest BCUT2D eigenvalue weighted by Gasteiger charge is -2.15. The molecule has 118 valence electrons. The molecule has 1 unspecified atom stereocenters. The minimum Gasteiger partial charge on any atom is -0.588 e. The van der Waals surface area contributed by atoms with Crippen LogP contribution in [0.1, 0.15) is 0 Å². The van der Waals surface area contributed by atoms with E-state index in [4.69, 9.17) is 0 Å². The summed E-state index contributed by atoms with van der Waals surface area (Å²) < 4.78 is 16.0.